The topological polar surface area (TPSA) is 30.7 Å². The lowest BCUT2D eigenvalue weighted by atomic mass is 10.1. The first-order chi connectivity index (χ1) is 10.0. The van der Waals surface area contributed by atoms with Crippen molar-refractivity contribution in [2.75, 3.05) is 0 Å². The number of benzene rings is 2. The summed E-state index contributed by atoms with van der Waals surface area (Å²) in [4.78, 5) is 0. The van der Waals surface area contributed by atoms with Crippen LogP contribution in [0.1, 0.15) is 5.56 Å². The van der Waals surface area contributed by atoms with Crippen LogP contribution in [0.5, 0.6) is 0 Å². The molecule has 21 heavy (non-hydrogen) atoms. The average molecular weight is 289 g/mol. The largest absolute Gasteiger partial charge is 0.416 e. The molecule has 1 heterocycles. The Kier molecular flexibility index (Phi) is 3.21. The molecule has 6 heteroatoms. The number of rotatable bonds is 2. The van der Waals surface area contributed by atoms with Crippen LogP contribution in [-0.2, 0) is 6.18 Å². The number of alkyl halides is 3. The summed E-state index contributed by atoms with van der Waals surface area (Å²) >= 11 is 0. The van der Waals surface area contributed by atoms with Gasteiger partial charge in [0.2, 0.25) is 0 Å². The van der Waals surface area contributed by atoms with Crippen molar-refractivity contribution < 1.29 is 13.2 Å². The van der Waals surface area contributed by atoms with Crippen molar-refractivity contribution in [2.45, 2.75) is 6.18 Å². The molecule has 0 aliphatic heterocycles. The molecular weight excluding hydrogens is 279 g/mol. The predicted molar refractivity (Wildman–Crippen MR) is 71.8 cm³/mol. The van der Waals surface area contributed by atoms with E-state index < -0.39 is 11.7 Å². The Morgan fingerprint density at radius 2 is 1.67 bits per heavy atom. The van der Waals surface area contributed by atoms with E-state index in [1.807, 2.05) is 30.3 Å². The Bertz CT molecular complexity index is 748. The molecule has 3 rings (SSSR count). The Labute approximate surface area is 118 Å². The quantitative estimate of drug-likeness (QED) is 0.715. The van der Waals surface area contributed by atoms with Crippen molar-refractivity contribution in [3.63, 3.8) is 0 Å². The molecule has 3 aromatic rings. The van der Waals surface area contributed by atoms with Crippen LogP contribution in [0.15, 0.2) is 60.8 Å². The van der Waals surface area contributed by atoms with Crippen LogP contribution in [0.4, 0.5) is 13.2 Å². The molecule has 0 saturated heterocycles. The molecule has 0 aliphatic rings. The van der Waals surface area contributed by atoms with Gasteiger partial charge in [-0.1, -0.05) is 35.5 Å². The van der Waals surface area contributed by atoms with Gasteiger partial charge < -0.3 is 0 Å². The normalized spacial score (nSPS) is 11.6. The summed E-state index contributed by atoms with van der Waals surface area (Å²) in [5, 5.41) is 7.87. The molecule has 106 valence electrons. The van der Waals surface area contributed by atoms with E-state index in [4.69, 9.17) is 0 Å². The van der Waals surface area contributed by atoms with Crippen molar-refractivity contribution in [1.29, 1.82) is 0 Å². The maximum Gasteiger partial charge on any atom is 0.416 e. The zero-order chi connectivity index (χ0) is 14.9. The molecule has 0 saturated carbocycles. The molecule has 2 aromatic carbocycles. The van der Waals surface area contributed by atoms with Crippen molar-refractivity contribution in [1.82, 2.24) is 15.0 Å². The summed E-state index contributed by atoms with van der Waals surface area (Å²) in [5.74, 6) is 0. The number of nitrogens with zero attached hydrogens (tertiary/aromatic N) is 3. The number of aromatic nitrogens is 3. The second-order valence-corrected chi connectivity index (χ2v) is 4.46. The third-order valence-electron chi connectivity index (χ3n) is 3.00. The van der Waals surface area contributed by atoms with Crippen LogP contribution in [0.2, 0.25) is 0 Å². The fourth-order valence-corrected chi connectivity index (χ4v) is 1.96. The van der Waals surface area contributed by atoms with E-state index in [2.05, 4.69) is 10.3 Å². The van der Waals surface area contributed by atoms with Gasteiger partial charge in [-0.25, -0.2) is 4.68 Å². The van der Waals surface area contributed by atoms with E-state index in [1.165, 1.54) is 10.7 Å². The molecule has 3 nitrogen and oxygen atoms in total. The van der Waals surface area contributed by atoms with Crippen LogP contribution >= 0.6 is 0 Å². The number of hydrogen-bond acceptors (Lipinski definition) is 2. The minimum Gasteiger partial charge on any atom is -0.220 e. The van der Waals surface area contributed by atoms with Gasteiger partial charge in [0.25, 0.3) is 0 Å². The summed E-state index contributed by atoms with van der Waals surface area (Å²) < 4.78 is 39.7. The Morgan fingerprint density at radius 1 is 0.905 bits per heavy atom. The van der Waals surface area contributed by atoms with Gasteiger partial charge >= 0.3 is 6.18 Å². The highest BCUT2D eigenvalue weighted by Crippen LogP contribution is 2.31. The van der Waals surface area contributed by atoms with Crippen LogP contribution in [0.3, 0.4) is 0 Å². The molecule has 0 amide bonds. The maximum absolute atomic E-state index is 12.7. The third kappa shape index (κ3) is 2.79. The molecular formula is C15H10F3N3. The molecule has 0 fully saturated rings. The monoisotopic (exact) mass is 289 g/mol. The molecule has 0 aliphatic carbocycles. The number of para-hydroxylation sites is 1. The van der Waals surface area contributed by atoms with Gasteiger partial charge in [-0.15, -0.1) is 5.10 Å². The van der Waals surface area contributed by atoms with Gasteiger partial charge in [0.1, 0.15) is 5.69 Å². The van der Waals surface area contributed by atoms with Crippen molar-refractivity contribution in [2.24, 2.45) is 0 Å². The summed E-state index contributed by atoms with van der Waals surface area (Å²) in [7, 11) is 0. The van der Waals surface area contributed by atoms with Crippen molar-refractivity contribution in [3.05, 3.63) is 66.4 Å². The highest BCUT2D eigenvalue weighted by molar-refractivity contribution is 5.59. The summed E-state index contributed by atoms with van der Waals surface area (Å²) in [6, 6.07) is 14.3. The first-order valence-electron chi connectivity index (χ1n) is 6.19. The second-order valence-electron chi connectivity index (χ2n) is 4.46. The first-order valence-corrected chi connectivity index (χ1v) is 6.19. The van der Waals surface area contributed by atoms with Crippen LogP contribution < -0.4 is 0 Å². The average Bonchev–Trinajstić information content (AvgIpc) is 2.97. The van der Waals surface area contributed by atoms with Crippen LogP contribution in [0, 0.1) is 0 Å². The van der Waals surface area contributed by atoms with Gasteiger partial charge in [-0.05, 0) is 24.3 Å². The SMILES string of the molecule is FC(F)(F)c1cccc(-c2cn(-c3ccccc3)nn2)c1. The molecule has 1 aromatic heterocycles. The molecule has 0 atom stereocenters. The van der Waals surface area contributed by atoms with E-state index in [1.54, 1.807) is 12.3 Å². The van der Waals surface area contributed by atoms with E-state index >= 15 is 0 Å². The Morgan fingerprint density at radius 3 is 2.38 bits per heavy atom. The zero-order valence-corrected chi connectivity index (χ0v) is 10.7. The lowest BCUT2D eigenvalue weighted by Gasteiger charge is -2.07. The fourth-order valence-electron chi connectivity index (χ4n) is 1.96. The Balaban J connectivity index is 1.97. The maximum atomic E-state index is 12.7. The van der Waals surface area contributed by atoms with Crippen molar-refractivity contribution in [3.8, 4) is 16.9 Å². The minimum atomic E-state index is -4.37. The van der Waals surface area contributed by atoms with Crippen LogP contribution in [0.25, 0.3) is 16.9 Å². The van der Waals surface area contributed by atoms with E-state index in [0.29, 0.717) is 11.3 Å². The lowest BCUT2D eigenvalue weighted by Crippen LogP contribution is -2.04. The van der Waals surface area contributed by atoms with Gasteiger partial charge in [0, 0.05) is 5.56 Å². The van der Waals surface area contributed by atoms with Crippen LogP contribution in [-0.4, -0.2) is 15.0 Å². The Hall–Kier alpha value is -2.63. The van der Waals surface area contributed by atoms with Gasteiger partial charge in [0.15, 0.2) is 0 Å². The summed E-state index contributed by atoms with van der Waals surface area (Å²) in [6.07, 6.45) is -2.77. The highest BCUT2D eigenvalue weighted by atomic mass is 19.4. The van der Waals surface area contributed by atoms with Gasteiger partial charge in [-0.3, -0.25) is 0 Å². The number of halogens is 3. The summed E-state index contributed by atoms with van der Waals surface area (Å²) in [5.41, 5.74) is 0.870. The smallest absolute Gasteiger partial charge is 0.220 e. The molecule has 0 radical (unpaired) electrons. The molecule has 0 spiro atoms. The van der Waals surface area contributed by atoms with E-state index in [-0.39, 0.29) is 0 Å². The van der Waals surface area contributed by atoms with Gasteiger partial charge in [-0.2, -0.15) is 13.2 Å². The van der Waals surface area contributed by atoms with Gasteiger partial charge in [0.05, 0.1) is 17.4 Å². The first kappa shape index (κ1) is 13.4. The van der Waals surface area contributed by atoms with Crippen molar-refractivity contribution >= 4 is 0 Å². The molecule has 0 bridgehead atoms. The highest BCUT2D eigenvalue weighted by Gasteiger charge is 2.30. The third-order valence-corrected chi connectivity index (χ3v) is 3.00. The zero-order valence-electron chi connectivity index (χ0n) is 10.7. The second kappa shape index (κ2) is 5.05. The fraction of sp³-hybridized carbons (Fsp3) is 0.0667. The molecule has 0 N–H and O–H groups in total. The number of hydrogen-bond donors (Lipinski definition) is 0. The molecule has 0 unspecified atom stereocenters. The lowest BCUT2D eigenvalue weighted by molar-refractivity contribution is -0.137. The van der Waals surface area contributed by atoms with E-state index in [0.717, 1.165) is 17.8 Å². The minimum absolute atomic E-state index is 0.381. The predicted octanol–water partition coefficient (Wildman–Crippen LogP) is 3.95. The standard InChI is InChI=1S/C15H10F3N3/c16-15(17,18)12-6-4-5-11(9-12)14-10-21(20-19-14)13-7-2-1-3-8-13/h1-10H. The van der Waals surface area contributed by atoms with E-state index in [9.17, 15) is 13.2 Å². The summed E-state index contributed by atoms with van der Waals surface area (Å²) in [6.45, 7) is 0.